The molecule has 0 aliphatic rings. The Bertz CT molecular complexity index is 521. The Kier molecular flexibility index (Phi) is 4.49. The van der Waals surface area contributed by atoms with E-state index in [1.165, 1.54) is 5.56 Å². The molecular weight excluding hydrogens is 292 g/mol. The van der Waals surface area contributed by atoms with E-state index in [1.807, 2.05) is 23.0 Å². The van der Waals surface area contributed by atoms with E-state index in [0.29, 0.717) is 0 Å². The van der Waals surface area contributed by atoms with Crippen LogP contribution in [0.4, 0.5) is 0 Å². The van der Waals surface area contributed by atoms with Gasteiger partial charge >= 0.3 is 0 Å². The molecule has 0 spiro atoms. The van der Waals surface area contributed by atoms with Crippen LogP contribution in [0.3, 0.4) is 0 Å². The maximum Gasteiger partial charge on any atom is 0.0831 e. The number of aromatic nitrogens is 3. The Labute approximate surface area is 115 Å². The lowest BCUT2D eigenvalue weighted by atomic mass is 10.2. The highest BCUT2D eigenvalue weighted by molar-refractivity contribution is 9.10. The summed E-state index contributed by atoms with van der Waals surface area (Å²) in [4.78, 5) is 0. The van der Waals surface area contributed by atoms with Crippen LogP contribution >= 0.6 is 15.9 Å². The molecule has 1 aromatic heterocycles. The summed E-state index contributed by atoms with van der Waals surface area (Å²) in [6.45, 7) is 2.80. The first-order chi connectivity index (χ1) is 8.70. The van der Waals surface area contributed by atoms with Crippen LogP contribution in [0.2, 0.25) is 0 Å². The summed E-state index contributed by atoms with van der Waals surface area (Å²) < 4.78 is 2.91. The Morgan fingerprint density at radius 2 is 2.17 bits per heavy atom. The molecule has 0 radical (unpaired) electrons. The number of rotatable bonds is 5. The van der Waals surface area contributed by atoms with Crippen molar-refractivity contribution < 1.29 is 0 Å². The molecule has 0 bridgehead atoms. The first-order valence-corrected chi connectivity index (χ1v) is 6.88. The lowest BCUT2D eigenvalue weighted by Gasteiger charge is -2.04. The Morgan fingerprint density at radius 3 is 2.89 bits per heavy atom. The smallest absolute Gasteiger partial charge is 0.0831 e. The van der Waals surface area contributed by atoms with E-state index < -0.39 is 0 Å². The van der Waals surface area contributed by atoms with Crippen molar-refractivity contribution >= 4 is 15.9 Å². The Morgan fingerprint density at radius 1 is 1.33 bits per heavy atom. The monoisotopic (exact) mass is 308 g/mol. The number of nitrogens with zero attached hydrogens (tertiary/aromatic N) is 3. The number of halogens is 1. The third kappa shape index (κ3) is 3.17. The molecule has 2 N–H and O–H groups in total. The fraction of sp³-hybridized carbons (Fsp3) is 0.385. The zero-order chi connectivity index (χ0) is 13.0. The predicted octanol–water partition coefficient (Wildman–Crippen LogP) is 2.62. The third-order valence-electron chi connectivity index (χ3n) is 2.83. The molecule has 4 nitrogen and oxygen atoms in total. The molecule has 2 rings (SSSR count). The lowest BCUT2D eigenvalue weighted by molar-refractivity contribution is 0.727. The van der Waals surface area contributed by atoms with Gasteiger partial charge in [-0.1, -0.05) is 21.1 Å². The third-order valence-corrected chi connectivity index (χ3v) is 3.33. The summed E-state index contributed by atoms with van der Waals surface area (Å²) in [6.07, 6.45) is 5.03. The van der Waals surface area contributed by atoms with Crippen LogP contribution in [0.5, 0.6) is 0 Å². The van der Waals surface area contributed by atoms with Crippen molar-refractivity contribution in [2.24, 2.45) is 5.73 Å². The summed E-state index contributed by atoms with van der Waals surface area (Å²) >= 11 is 3.46. The van der Waals surface area contributed by atoms with Crippen LogP contribution in [0.25, 0.3) is 5.69 Å². The Hall–Kier alpha value is -1.20. The lowest BCUT2D eigenvalue weighted by Crippen LogP contribution is -1.99. The van der Waals surface area contributed by atoms with Crippen molar-refractivity contribution in [1.29, 1.82) is 0 Å². The quantitative estimate of drug-likeness (QED) is 0.864. The molecule has 18 heavy (non-hydrogen) atoms. The van der Waals surface area contributed by atoms with Gasteiger partial charge in [-0.3, -0.25) is 0 Å². The average molecular weight is 309 g/mol. The van der Waals surface area contributed by atoms with Gasteiger partial charge in [-0.05, 0) is 56.5 Å². The fourth-order valence-electron chi connectivity index (χ4n) is 1.86. The van der Waals surface area contributed by atoms with E-state index in [1.54, 1.807) is 0 Å². The summed E-state index contributed by atoms with van der Waals surface area (Å²) in [5, 5.41) is 8.36. The molecular formula is C13H17BrN4. The highest BCUT2D eigenvalue weighted by atomic mass is 79.9. The molecule has 0 saturated carbocycles. The molecule has 0 aliphatic heterocycles. The second-order valence-electron chi connectivity index (χ2n) is 4.33. The fourth-order valence-corrected chi connectivity index (χ4v) is 2.33. The summed E-state index contributed by atoms with van der Waals surface area (Å²) in [7, 11) is 0. The van der Waals surface area contributed by atoms with Crippen molar-refractivity contribution in [1.82, 2.24) is 15.0 Å². The molecule has 0 saturated heterocycles. The number of benzene rings is 1. The van der Waals surface area contributed by atoms with Crippen LogP contribution in [0.15, 0.2) is 28.9 Å². The Balaban J connectivity index is 2.13. The predicted molar refractivity (Wildman–Crippen MR) is 75.8 cm³/mol. The SMILES string of the molecule is Cc1cc(Br)ccc1-n1cc(CCCCN)nn1. The summed E-state index contributed by atoms with van der Waals surface area (Å²) in [5.41, 5.74) is 8.73. The first-order valence-electron chi connectivity index (χ1n) is 6.08. The zero-order valence-electron chi connectivity index (χ0n) is 10.4. The zero-order valence-corrected chi connectivity index (χ0v) is 12.0. The number of aryl methyl sites for hydroxylation is 2. The number of unbranched alkanes of at least 4 members (excludes halogenated alkanes) is 1. The van der Waals surface area contributed by atoms with Crippen molar-refractivity contribution in [2.75, 3.05) is 6.54 Å². The summed E-state index contributed by atoms with van der Waals surface area (Å²) in [5.74, 6) is 0. The van der Waals surface area contributed by atoms with Crippen LogP contribution < -0.4 is 5.73 Å². The van der Waals surface area contributed by atoms with Gasteiger partial charge in [-0.2, -0.15) is 0 Å². The molecule has 0 unspecified atom stereocenters. The maximum atomic E-state index is 5.48. The normalized spacial score (nSPS) is 10.8. The van der Waals surface area contributed by atoms with Crippen LogP contribution in [-0.4, -0.2) is 21.5 Å². The first kappa shape index (κ1) is 13.2. The van der Waals surface area contributed by atoms with Gasteiger partial charge in [0, 0.05) is 4.47 Å². The highest BCUT2D eigenvalue weighted by Gasteiger charge is 2.05. The molecule has 0 atom stereocenters. The van der Waals surface area contributed by atoms with Crippen molar-refractivity contribution in [3.05, 3.63) is 40.1 Å². The molecule has 0 aliphatic carbocycles. The minimum absolute atomic E-state index is 0.736. The van der Waals surface area contributed by atoms with E-state index in [-0.39, 0.29) is 0 Å². The van der Waals surface area contributed by atoms with E-state index in [9.17, 15) is 0 Å². The largest absolute Gasteiger partial charge is 0.330 e. The number of nitrogens with two attached hydrogens (primary N) is 1. The van der Waals surface area contributed by atoms with Gasteiger partial charge in [0.05, 0.1) is 17.6 Å². The molecule has 96 valence electrons. The molecule has 5 heteroatoms. The van der Waals surface area contributed by atoms with Crippen molar-refractivity contribution in [3.63, 3.8) is 0 Å². The van der Waals surface area contributed by atoms with Crippen LogP contribution in [0.1, 0.15) is 24.1 Å². The minimum atomic E-state index is 0.736. The van der Waals surface area contributed by atoms with Crippen molar-refractivity contribution in [2.45, 2.75) is 26.2 Å². The van der Waals surface area contributed by atoms with Gasteiger partial charge in [-0.15, -0.1) is 5.10 Å². The van der Waals surface area contributed by atoms with Gasteiger partial charge in [0.25, 0.3) is 0 Å². The van der Waals surface area contributed by atoms with Crippen LogP contribution in [0, 0.1) is 6.92 Å². The van der Waals surface area contributed by atoms with E-state index in [0.717, 1.165) is 41.7 Å². The molecule has 2 aromatic rings. The average Bonchev–Trinajstić information content (AvgIpc) is 2.78. The molecule has 1 aromatic carbocycles. The van der Waals surface area contributed by atoms with E-state index in [2.05, 4.69) is 39.2 Å². The molecule has 0 amide bonds. The second-order valence-corrected chi connectivity index (χ2v) is 5.25. The van der Waals surface area contributed by atoms with Crippen LogP contribution in [-0.2, 0) is 6.42 Å². The van der Waals surface area contributed by atoms with E-state index >= 15 is 0 Å². The minimum Gasteiger partial charge on any atom is -0.330 e. The van der Waals surface area contributed by atoms with Gasteiger partial charge in [0.2, 0.25) is 0 Å². The number of hydrogen-bond acceptors (Lipinski definition) is 3. The standard InChI is InChI=1S/C13H17BrN4/c1-10-8-11(14)5-6-13(10)18-9-12(16-17-18)4-2-3-7-15/h5-6,8-9H,2-4,7,15H2,1H3. The maximum absolute atomic E-state index is 5.48. The van der Waals surface area contributed by atoms with Gasteiger partial charge in [0.1, 0.15) is 0 Å². The van der Waals surface area contributed by atoms with Crippen molar-refractivity contribution in [3.8, 4) is 5.69 Å². The van der Waals surface area contributed by atoms with Gasteiger partial charge in [0.15, 0.2) is 0 Å². The summed E-state index contributed by atoms with van der Waals surface area (Å²) in [6, 6.07) is 6.13. The highest BCUT2D eigenvalue weighted by Crippen LogP contribution is 2.18. The topological polar surface area (TPSA) is 56.7 Å². The second kappa shape index (κ2) is 6.11. The molecule has 1 heterocycles. The van der Waals surface area contributed by atoms with Gasteiger partial charge < -0.3 is 5.73 Å². The van der Waals surface area contributed by atoms with Gasteiger partial charge in [-0.25, -0.2) is 4.68 Å². The molecule has 0 fully saturated rings. The van der Waals surface area contributed by atoms with E-state index in [4.69, 9.17) is 5.73 Å². The number of hydrogen-bond donors (Lipinski definition) is 1.